The molecule has 0 saturated heterocycles. The van der Waals surface area contributed by atoms with Crippen molar-refractivity contribution in [3.63, 3.8) is 0 Å². The zero-order valence-electron chi connectivity index (χ0n) is 17.5. The molecule has 0 spiro atoms. The first-order chi connectivity index (χ1) is 15.6. The first-order valence-corrected chi connectivity index (χ1v) is 10.0. The number of benzene rings is 3. The van der Waals surface area contributed by atoms with E-state index in [1.807, 2.05) is 29.1 Å². The fourth-order valence-corrected chi connectivity index (χ4v) is 3.13. The highest BCUT2D eigenvalue weighted by Gasteiger charge is 2.09. The van der Waals surface area contributed by atoms with Crippen LogP contribution in [0.25, 0.3) is 0 Å². The SMILES string of the molecule is COc1ccc(NC(=O)c2ccc(NC(=O)c3ccc(Cn4cccn4)cc3)cc2)cc1. The minimum atomic E-state index is -0.235. The Labute approximate surface area is 185 Å². The number of rotatable bonds is 7. The molecule has 0 radical (unpaired) electrons. The zero-order chi connectivity index (χ0) is 22.3. The van der Waals surface area contributed by atoms with E-state index >= 15 is 0 Å². The number of carbonyl (C=O) groups is 2. The van der Waals surface area contributed by atoms with Crippen LogP contribution in [0.3, 0.4) is 0 Å². The molecule has 0 fully saturated rings. The number of methoxy groups -OCH3 is 1. The number of anilines is 2. The summed E-state index contributed by atoms with van der Waals surface area (Å²) in [6, 6.07) is 23.1. The number of ether oxygens (including phenoxy) is 1. The zero-order valence-corrected chi connectivity index (χ0v) is 17.5. The Morgan fingerprint density at radius 3 is 1.84 bits per heavy atom. The van der Waals surface area contributed by atoms with E-state index in [4.69, 9.17) is 4.74 Å². The molecular formula is C25H22N4O3. The van der Waals surface area contributed by atoms with E-state index in [0.29, 0.717) is 29.0 Å². The second-order valence-electron chi connectivity index (χ2n) is 7.11. The minimum absolute atomic E-state index is 0.217. The van der Waals surface area contributed by atoms with Crippen molar-refractivity contribution < 1.29 is 14.3 Å². The summed E-state index contributed by atoms with van der Waals surface area (Å²) in [6.45, 7) is 0.648. The molecule has 0 aliphatic rings. The Hall–Kier alpha value is -4.39. The van der Waals surface area contributed by atoms with Crippen LogP contribution in [0.4, 0.5) is 11.4 Å². The Bertz CT molecular complexity index is 1180. The summed E-state index contributed by atoms with van der Waals surface area (Å²) < 4.78 is 6.93. The van der Waals surface area contributed by atoms with E-state index in [-0.39, 0.29) is 11.8 Å². The minimum Gasteiger partial charge on any atom is -0.497 e. The molecule has 4 aromatic rings. The first-order valence-electron chi connectivity index (χ1n) is 10.0. The maximum Gasteiger partial charge on any atom is 0.255 e. The van der Waals surface area contributed by atoms with Gasteiger partial charge < -0.3 is 15.4 Å². The van der Waals surface area contributed by atoms with Gasteiger partial charge in [0, 0.05) is 34.9 Å². The number of hydrogen-bond donors (Lipinski definition) is 2. The second-order valence-corrected chi connectivity index (χ2v) is 7.11. The van der Waals surface area contributed by atoms with Gasteiger partial charge in [0.1, 0.15) is 5.75 Å². The van der Waals surface area contributed by atoms with Gasteiger partial charge in [0.15, 0.2) is 0 Å². The van der Waals surface area contributed by atoms with Crippen LogP contribution in [0.15, 0.2) is 91.3 Å². The molecule has 4 rings (SSSR count). The molecule has 7 heteroatoms. The maximum atomic E-state index is 12.5. The number of amides is 2. The van der Waals surface area contributed by atoms with Crippen molar-refractivity contribution in [2.75, 3.05) is 17.7 Å². The monoisotopic (exact) mass is 426 g/mol. The van der Waals surface area contributed by atoms with Crippen molar-refractivity contribution in [1.82, 2.24) is 9.78 Å². The van der Waals surface area contributed by atoms with Crippen LogP contribution in [-0.4, -0.2) is 28.7 Å². The lowest BCUT2D eigenvalue weighted by atomic mass is 10.1. The van der Waals surface area contributed by atoms with Crippen molar-refractivity contribution in [3.8, 4) is 5.75 Å². The van der Waals surface area contributed by atoms with Gasteiger partial charge >= 0.3 is 0 Å². The lowest BCUT2D eigenvalue weighted by Gasteiger charge is -2.09. The molecular weight excluding hydrogens is 404 g/mol. The van der Waals surface area contributed by atoms with E-state index in [2.05, 4.69) is 15.7 Å². The van der Waals surface area contributed by atoms with Gasteiger partial charge in [-0.05, 0) is 72.3 Å². The normalized spacial score (nSPS) is 10.4. The Balaban J connectivity index is 1.34. The molecule has 2 N–H and O–H groups in total. The molecule has 3 aromatic carbocycles. The molecule has 0 unspecified atom stereocenters. The van der Waals surface area contributed by atoms with Crippen LogP contribution in [0.2, 0.25) is 0 Å². The van der Waals surface area contributed by atoms with Gasteiger partial charge in [0.2, 0.25) is 0 Å². The number of nitrogens with one attached hydrogen (secondary N) is 2. The van der Waals surface area contributed by atoms with Crippen LogP contribution in [0.1, 0.15) is 26.3 Å². The number of aromatic nitrogens is 2. The van der Waals surface area contributed by atoms with Crippen molar-refractivity contribution in [2.45, 2.75) is 6.54 Å². The summed E-state index contributed by atoms with van der Waals surface area (Å²) in [7, 11) is 1.59. The summed E-state index contributed by atoms with van der Waals surface area (Å²) in [6.07, 6.45) is 3.62. The molecule has 2 amide bonds. The highest BCUT2D eigenvalue weighted by atomic mass is 16.5. The van der Waals surface area contributed by atoms with Gasteiger partial charge in [-0.1, -0.05) is 12.1 Å². The van der Waals surface area contributed by atoms with Gasteiger partial charge in [-0.3, -0.25) is 14.3 Å². The topological polar surface area (TPSA) is 85.3 Å². The third-order valence-electron chi connectivity index (χ3n) is 4.87. The summed E-state index contributed by atoms with van der Waals surface area (Å²) in [5.41, 5.74) is 3.37. The van der Waals surface area contributed by atoms with Crippen molar-refractivity contribution in [3.05, 3.63) is 108 Å². The van der Waals surface area contributed by atoms with Crippen LogP contribution in [-0.2, 0) is 6.54 Å². The van der Waals surface area contributed by atoms with Crippen molar-refractivity contribution in [2.24, 2.45) is 0 Å². The van der Waals surface area contributed by atoms with Crippen LogP contribution < -0.4 is 15.4 Å². The van der Waals surface area contributed by atoms with Gasteiger partial charge in [0.25, 0.3) is 11.8 Å². The van der Waals surface area contributed by atoms with E-state index in [9.17, 15) is 9.59 Å². The molecule has 1 heterocycles. The first kappa shape index (κ1) is 20.9. The van der Waals surface area contributed by atoms with E-state index < -0.39 is 0 Å². The third-order valence-corrected chi connectivity index (χ3v) is 4.87. The Kier molecular flexibility index (Phi) is 6.27. The lowest BCUT2D eigenvalue weighted by molar-refractivity contribution is 0.102. The quantitative estimate of drug-likeness (QED) is 0.457. The molecule has 1 aromatic heterocycles. The predicted octanol–water partition coefficient (Wildman–Crippen LogP) is 4.44. The summed E-state index contributed by atoms with van der Waals surface area (Å²) >= 11 is 0. The Morgan fingerprint density at radius 1 is 0.812 bits per heavy atom. The molecule has 160 valence electrons. The third kappa shape index (κ3) is 5.20. The summed E-state index contributed by atoms with van der Waals surface area (Å²) in [5.74, 6) is 0.266. The number of carbonyl (C=O) groups excluding carboxylic acids is 2. The highest BCUT2D eigenvalue weighted by molar-refractivity contribution is 6.06. The van der Waals surface area contributed by atoms with Crippen molar-refractivity contribution in [1.29, 1.82) is 0 Å². The smallest absolute Gasteiger partial charge is 0.255 e. The fourth-order valence-electron chi connectivity index (χ4n) is 3.13. The average molecular weight is 426 g/mol. The van der Waals surface area contributed by atoms with Crippen LogP contribution in [0.5, 0.6) is 5.75 Å². The molecule has 7 nitrogen and oxygen atoms in total. The molecule has 0 aliphatic carbocycles. The molecule has 0 aliphatic heterocycles. The highest BCUT2D eigenvalue weighted by Crippen LogP contribution is 2.17. The van der Waals surface area contributed by atoms with E-state index in [1.54, 1.807) is 74.0 Å². The van der Waals surface area contributed by atoms with Crippen LogP contribution >= 0.6 is 0 Å². The van der Waals surface area contributed by atoms with Crippen molar-refractivity contribution >= 4 is 23.2 Å². The predicted molar refractivity (Wildman–Crippen MR) is 123 cm³/mol. The van der Waals surface area contributed by atoms with Crippen LogP contribution in [0, 0.1) is 0 Å². The summed E-state index contributed by atoms with van der Waals surface area (Å²) in [4.78, 5) is 25.0. The van der Waals surface area contributed by atoms with Gasteiger partial charge in [-0.2, -0.15) is 5.10 Å². The summed E-state index contributed by atoms with van der Waals surface area (Å²) in [5, 5.41) is 9.86. The van der Waals surface area contributed by atoms with Gasteiger partial charge in [-0.15, -0.1) is 0 Å². The largest absolute Gasteiger partial charge is 0.497 e. The molecule has 0 saturated carbocycles. The average Bonchev–Trinajstić information content (AvgIpc) is 3.33. The Morgan fingerprint density at radius 2 is 1.34 bits per heavy atom. The second kappa shape index (κ2) is 9.61. The van der Waals surface area contributed by atoms with Gasteiger partial charge in [-0.25, -0.2) is 0 Å². The standard InChI is InChI=1S/C25H22N4O3/c1-32-23-13-11-22(12-14-23)28-25(31)20-7-9-21(10-8-20)27-24(30)19-5-3-18(4-6-19)17-29-16-2-15-26-29/h2-16H,17H2,1H3,(H,27,30)(H,28,31). The lowest BCUT2D eigenvalue weighted by Crippen LogP contribution is -2.14. The van der Waals surface area contributed by atoms with Gasteiger partial charge in [0.05, 0.1) is 13.7 Å². The number of hydrogen-bond acceptors (Lipinski definition) is 4. The van der Waals surface area contributed by atoms with E-state index in [1.165, 1.54) is 0 Å². The maximum absolute atomic E-state index is 12.5. The number of nitrogens with zero attached hydrogens (tertiary/aromatic N) is 2. The fraction of sp³-hybridized carbons (Fsp3) is 0.0800. The molecule has 0 atom stereocenters. The molecule has 32 heavy (non-hydrogen) atoms. The molecule has 0 bridgehead atoms. The van der Waals surface area contributed by atoms with E-state index in [0.717, 1.165) is 11.3 Å².